The van der Waals surface area contributed by atoms with Crippen LogP contribution in [0.1, 0.15) is 38.3 Å². The lowest BCUT2D eigenvalue weighted by atomic mass is 9.93. The van der Waals surface area contributed by atoms with Crippen LogP contribution >= 0.6 is 23.2 Å². The number of fused-ring (bicyclic) bond motifs is 1. The molecule has 0 radical (unpaired) electrons. The first kappa shape index (κ1) is 28.4. The summed E-state index contributed by atoms with van der Waals surface area (Å²) in [6, 6.07) is 8.09. The lowest BCUT2D eigenvalue weighted by Crippen LogP contribution is -2.56. The Labute approximate surface area is 225 Å². The van der Waals surface area contributed by atoms with E-state index in [2.05, 4.69) is 22.3 Å². The van der Waals surface area contributed by atoms with Gasteiger partial charge in [0.25, 0.3) is 0 Å². The van der Waals surface area contributed by atoms with Crippen molar-refractivity contribution in [1.82, 2.24) is 10.2 Å². The van der Waals surface area contributed by atoms with Gasteiger partial charge in [-0.2, -0.15) is 0 Å². The fourth-order valence-electron chi connectivity index (χ4n) is 3.87. The Morgan fingerprint density at radius 1 is 1.19 bits per heavy atom. The highest BCUT2D eigenvalue weighted by atomic mass is 35.5. The molecule has 1 heterocycles. The zero-order valence-electron chi connectivity index (χ0n) is 20.8. The molecule has 3 rings (SSSR count). The summed E-state index contributed by atoms with van der Waals surface area (Å²) in [5.41, 5.74) is 0.857. The molecule has 0 saturated heterocycles. The van der Waals surface area contributed by atoms with E-state index in [0.29, 0.717) is 0 Å². The van der Waals surface area contributed by atoms with Gasteiger partial charge in [0.1, 0.15) is 17.7 Å². The van der Waals surface area contributed by atoms with Crippen molar-refractivity contribution in [2.45, 2.75) is 57.8 Å². The van der Waals surface area contributed by atoms with E-state index in [1.807, 2.05) is 24.3 Å². The molecule has 37 heavy (non-hydrogen) atoms. The summed E-state index contributed by atoms with van der Waals surface area (Å²) >= 11 is 11.7. The van der Waals surface area contributed by atoms with Gasteiger partial charge in [-0.15, -0.1) is 0 Å². The molecule has 2 N–H and O–H groups in total. The number of nitrogens with zero attached hydrogens (tertiary/aromatic N) is 2. The first-order valence-corrected chi connectivity index (χ1v) is 12.4. The second-order valence-electron chi connectivity index (χ2n) is 9.61. The predicted molar refractivity (Wildman–Crippen MR) is 142 cm³/mol. The van der Waals surface area contributed by atoms with E-state index in [4.69, 9.17) is 27.9 Å². The highest BCUT2D eigenvalue weighted by molar-refractivity contribution is 6.42. The maximum absolute atomic E-state index is 14.5. The molecular formula is C26H29Cl2FN4O4. The van der Waals surface area contributed by atoms with Gasteiger partial charge in [0.2, 0.25) is 11.8 Å². The van der Waals surface area contributed by atoms with Gasteiger partial charge >= 0.3 is 6.09 Å². The third-order valence-electron chi connectivity index (χ3n) is 5.68. The summed E-state index contributed by atoms with van der Waals surface area (Å²) < 4.78 is 20.0. The molecule has 1 aliphatic rings. The number of hydrogen-bond donors (Lipinski definition) is 2. The Balaban J connectivity index is 1.84. The fraction of sp³-hybridized carbons (Fsp3) is 0.385. The Bertz CT molecular complexity index is 1200. The number of benzene rings is 2. The monoisotopic (exact) mass is 550 g/mol. The molecule has 0 aromatic heterocycles. The SMILES string of the molecule is C=NCC[C@H](NC(=O)[C@@H]1Cc2ccccc2CN1C(=O)OC(C)(C)C)C(=O)Nc1ccc(Cl)c(Cl)c1F. The molecule has 3 amide bonds. The standard InChI is InChI=1S/C26H29Cl2FN4O4/c1-26(2,3)37-25(36)33-14-16-8-6-5-7-15(16)13-20(33)24(35)32-19(11-12-30-4)23(34)31-18-10-9-17(27)21(28)22(18)29/h5-10,19-20H,4,11-14H2,1-3H3,(H,31,34)(H,32,35)/t19-,20-/m0/s1. The molecule has 0 fully saturated rings. The van der Waals surface area contributed by atoms with Crippen LogP contribution in [0.4, 0.5) is 14.9 Å². The normalized spacial score (nSPS) is 15.8. The molecule has 0 saturated carbocycles. The zero-order chi connectivity index (χ0) is 27.3. The molecule has 0 bridgehead atoms. The molecule has 11 heteroatoms. The maximum atomic E-state index is 14.5. The quantitative estimate of drug-likeness (QED) is 0.373. The molecule has 0 aliphatic carbocycles. The third-order valence-corrected chi connectivity index (χ3v) is 6.46. The number of carbonyl (C=O) groups excluding carboxylic acids is 3. The van der Waals surface area contributed by atoms with Gasteiger partial charge in [0.05, 0.1) is 22.3 Å². The molecule has 0 unspecified atom stereocenters. The van der Waals surface area contributed by atoms with E-state index in [1.165, 1.54) is 17.0 Å². The van der Waals surface area contributed by atoms with Crippen LogP contribution in [0.15, 0.2) is 41.4 Å². The molecular weight excluding hydrogens is 522 g/mol. The maximum Gasteiger partial charge on any atom is 0.411 e. The van der Waals surface area contributed by atoms with Crippen LogP contribution in [0.5, 0.6) is 0 Å². The summed E-state index contributed by atoms with van der Waals surface area (Å²) in [6.45, 7) is 8.96. The van der Waals surface area contributed by atoms with Crippen molar-refractivity contribution in [3.05, 3.63) is 63.4 Å². The number of rotatable bonds is 7. The van der Waals surface area contributed by atoms with Gasteiger partial charge in [-0.3, -0.25) is 14.5 Å². The summed E-state index contributed by atoms with van der Waals surface area (Å²) in [5.74, 6) is -2.14. The number of aliphatic imine (C=N–C) groups is 1. The molecule has 2 aromatic carbocycles. The molecule has 2 atom stereocenters. The van der Waals surface area contributed by atoms with Crippen LogP contribution in [0.25, 0.3) is 0 Å². The minimum Gasteiger partial charge on any atom is -0.444 e. The average Bonchev–Trinajstić information content (AvgIpc) is 2.84. The predicted octanol–water partition coefficient (Wildman–Crippen LogP) is 5.01. The van der Waals surface area contributed by atoms with Crippen molar-refractivity contribution in [2.24, 2.45) is 4.99 Å². The van der Waals surface area contributed by atoms with E-state index >= 15 is 0 Å². The van der Waals surface area contributed by atoms with Crippen LogP contribution in [-0.2, 0) is 27.3 Å². The molecule has 2 aromatic rings. The lowest BCUT2D eigenvalue weighted by Gasteiger charge is -2.37. The van der Waals surface area contributed by atoms with E-state index in [0.717, 1.165) is 11.1 Å². The van der Waals surface area contributed by atoms with Gasteiger partial charge in [-0.1, -0.05) is 47.5 Å². The van der Waals surface area contributed by atoms with Crippen molar-refractivity contribution >= 4 is 53.5 Å². The number of ether oxygens (including phenoxy) is 1. The van der Waals surface area contributed by atoms with Crippen molar-refractivity contribution in [3.8, 4) is 0 Å². The summed E-state index contributed by atoms with van der Waals surface area (Å²) in [7, 11) is 0. The number of anilines is 1. The van der Waals surface area contributed by atoms with Crippen molar-refractivity contribution in [2.75, 3.05) is 11.9 Å². The summed E-state index contributed by atoms with van der Waals surface area (Å²) in [6.07, 6.45) is -0.315. The van der Waals surface area contributed by atoms with Gasteiger partial charge in [0.15, 0.2) is 5.82 Å². The molecule has 198 valence electrons. The van der Waals surface area contributed by atoms with E-state index < -0.39 is 41.4 Å². The Morgan fingerprint density at radius 2 is 1.86 bits per heavy atom. The number of amides is 3. The topological polar surface area (TPSA) is 100 Å². The Morgan fingerprint density at radius 3 is 2.51 bits per heavy atom. The van der Waals surface area contributed by atoms with E-state index in [1.54, 1.807) is 20.8 Å². The van der Waals surface area contributed by atoms with Crippen LogP contribution in [0.2, 0.25) is 10.0 Å². The van der Waals surface area contributed by atoms with Crippen LogP contribution in [-0.4, -0.2) is 53.8 Å². The Kier molecular flexibility index (Phi) is 9.15. The summed E-state index contributed by atoms with van der Waals surface area (Å²) in [4.78, 5) is 44.7. The average molecular weight is 551 g/mol. The van der Waals surface area contributed by atoms with Crippen LogP contribution in [0, 0.1) is 5.82 Å². The number of halogens is 3. The third kappa shape index (κ3) is 7.20. The summed E-state index contributed by atoms with van der Waals surface area (Å²) in [5, 5.41) is 4.80. The molecule has 1 aliphatic heterocycles. The highest BCUT2D eigenvalue weighted by Gasteiger charge is 2.38. The smallest absolute Gasteiger partial charge is 0.411 e. The molecule has 8 nitrogen and oxygen atoms in total. The number of nitrogens with one attached hydrogen (secondary N) is 2. The first-order valence-electron chi connectivity index (χ1n) is 11.6. The van der Waals surface area contributed by atoms with Crippen LogP contribution in [0.3, 0.4) is 0 Å². The van der Waals surface area contributed by atoms with Crippen molar-refractivity contribution in [1.29, 1.82) is 0 Å². The first-order chi connectivity index (χ1) is 17.4. The highest BCUT2D eigenvalue weighted by Crippen LogP contribution is 2.30. The van der Waals surface area contributed by atoms with Gasteiger partial charge < -0.3 is 20.4 Å². The van der Waals surface area contributed by atoms with E-state index in [9.17, 15) is 18.8 Å². The fourth-order valence-corrected chi connectivity index (χ4v) is 4.18. The van der Waals surface area contributed by atoms with Gasteiger partial charge in [0, 0.05) is 13.0 Å². The second-order valence-corrected chi connectivity index (χ2v) is 10.4. The lowest BCUT2D eigenvalue weighted by molar-refractivity contribution is -0.130. The number of hydrogen-bond acceptors (Lipinski definition) is 5. The van der Waals surface area contributed by atoms with E-state index in [-0.39, 0.29) is 41.7 Å². The molecule has 0 spiro atoms. The number of carbonyl (C=O) groups is 3. The minimum atomic E-state index is -1.09. The minimum absolute atomic E-state index is 0.00214. The largest absolute Gasteiger partial charge is 0.444 e. The zero-order valence-corrected chi connectivity index (χ0v) is 22.3. The van der Waals surface area contributed by atoms with Gasteiger partial charge in [-0.25, -0.2) is 9.18 Å². The Hall–Kier alpha value is -3.17. The van der Waals surface area contributed by atoms with Crippen LogP contribution < -0.4 is 10.6 Å². The second kappa shape index (κ2) is 11.9. The van der Waals surface area contributed by atoms with Gasteiger partial charge in [-0.05, 0) is 57.2 Å². The van der Waals surface area contributed by atoms with Crippen molar-refractivity contribution in [3.63, 3.8) is 0 Å². The van der Waals surface area contributed by atoms with Crippen molar-refractivity contribution < 1.29 is 23.5 Å².